The van der Waals surface area contributed by atoms with Gasteiger partial charge >= 0.3 is 0 Å². The number of primary amides is 1. The van der Waals surface area contributed by atoms with Gasteiger partial charge in [0.15, 0.2) is 0 Å². The van der Waals surface area contributed by atoms with Crippen molar-refractivity contribution in [1.29, 1.82) is 5.26 Å². The average molecular weight is 355 g/mol. The Labute approximate surface area is 155 Å². The van der Waals surface area contributed by atoms with Crippen molar-refractivity contribution in [2.24, 2.45) is 5.73 Å². The number of benzene rings is 3. The van der Waals surface area contributed by atoms with Gasteiger partial charge in [0.25, 0.3) is 0 Å². The normalized spacial score (nSPS) is 11.0. The van der Waals surface area contributed by atoms with Crippen molar-refractivity contribution in [3.63, 3.8) is 0 Å². The molecule has 3 aromatic carbocycles. The summed E-state index contributed by atoms with van der Waals surface area (Å²) < 4.78 is 2.06. The van der Waals surface area contributed by atoms with E-state index in [1.54, 1.807) is 18.2 Å². The molecule has 0 aliphatic carbocycles. The van der Waals surface area contributed by atoms with Gasteiger partial charge in [0.05, 0.1) is 23.8 Å². The fraction of sp³-hybridized carbons (Fsp3) is 0.0909. The van der Waals surface area contributed by atoms with Crippen LogP contribution in [0.25, 0.3) is 21.8 Å². The fourth-order valence-corrected chi connectivity index (χ4v) is 3.60. The Balaban J connectivity index is 2.07. The van der Waals surface area contributed by atoms with E-state index in [4.69, 9.17) is 5.73 Å². The minimum Gasteiger partial charge on any atom is -0.392 e. The molecule has 4 rings (SSSR count). The van der Waals surface area contributed by atoms with Gasteiger partial charge in [-0.15, -0.1) is 0 Å². The lowest BCUT2D eigenvalue weighted by molar-refractivity contribution is 0.100. The SMILES string of the molecule is N#Cc1ccccc1Cn1c2cc(CO)ccc2c2c(C(N)=O)cccc21. The Morgan fingerprint density at radius 3 is 2.63 bits per heavy atom. The van der Waals surface area contributed by atoms with Gasteiger partial charge in [-0.2, -0.15) is 5.26 Å². The number of hydrogen-bond donors (Lipinski definition) is 2. The highest BCUT2D eigenvalue weighted by atomic mass is 16.3. The first kappa shape index (κ1) is 16.8. The molecule has 0 atom stereocenters. The van der Waals surface area contributed by atoms with Crippen LogP contribution in [-0.4, -0.2) is 15.6 Å². The van der Waals surface area contributed by atoms with Gasteiger partial charge in [-0.1, -0.05) is 36.4 Å². The molecule has 0 unspecified atom stereocenters. The van der Waals surface area contributed by atoms with Crippen LogP contribution >= 0.6 is 0 Å². The lowest BCUT2D eigenvalue weighted by Gasteiger charge is -2.10. The van der Waals surface area contributed by atoms with Crippen LogP contribution in [0.3, 0.4) is 0 Å². The van der Waals surface area contributed by atoms with Crippen molar-refractivity contribution in [3.05, 3.63) is 82.9 Å². The monoisotopic (exact) mass is 355 g/mol. The van der Waals surface area contributed by atoms with Gasteiger partial charge in [-0.25, -0.2) is 0 Å². The lowest BCUT2D eigenvalue weighted by Crippen LogP contribution is -2.11. The van der Waals surface area contributed by atoms with Crippen LogP contribution in [-0.2, 0) is 13.2 Å². The Morgan fingerprint density at radius 2 is 1.89 bits per heavy atom. The van der Waals surface area contributed by atoms with E-state index < -0.39 is 5.91 Å². The third-order valence-electron chi connectivity index (χ3n) is 4.87. The van der Waals surface area contributed by atoms with E-state index in [-0.39, 0.29) is 6.61 Å². The van der Waals surface area contributed by atoms with Crippen LogP contribution in [0.15, 0.2) is 60.7 Å². The van der Waals surface area contributed by atoms with Crippen LogP contribution in [0.5, 0.6) is 0 Å². The summed E-state index contributed by atoms with van der Waals surface area (Å²) in [4.78, 5) is 12.0. The van der Waals surface area contributed by atoms with Gasteiger partial charge in [0.2, 0.25) is 5.91 Å². The van der Waals surface area contributed by atoms with E-state index in [1.165, 1.54) is 0 Å². The van der Waals surface area contributed by atoms with Crippen molar-refractivity contribution in [1.82, 2.24) is 4.57 Å². The molecule has 27 heavy (non-hydrogen) atoms. The summed E-state index contributed by atoms with van der Waals surface area (Å²) in [5, 5.41) is 20.7. The van der Waals surface area contributed by atoms with Gasteiger partial charge in [0.1, 0.15) is 0 Å². The van der Waals surface area contributed by atoms with Gasteiger partial charge in [-0.05, 0) is 35.4 Å². The molecule has 0 saturated carbocycles. The summed E-state index contributed by atoms with van der Waals surface area (Å²) in [5.41, 5.74) is 10.1. The highest BCUT2D eigenvalue weighted by Gasteiger charge is 2.17. The molecule has 1 amide bonds. The topological polar surface area (TPSA) is 92.0 Å². The van der Waals surface area contributed by atoms with Gasteiger partial charge in [-0.3, -0.25) is 4.79 Å². The number of fused-ring (bicyclic) bond motifs is 3. The molecule has 0 radical (unpaired) electrons. The van der Waals surface area contributed by atoms with Crippen molar-refractivity contribution in [3.8, 4) is 6.07 Å². The summed E-state index contributed by atoms with van der Waals surface area (Å²) in [6.07, 6.45) is 0. The second-order valence-corrected chi connectivity index (χ2v) is 6.43. The summed E-state index contributed by atoms with van der Waals surface area (Å²) in [6, 6.07) is 20.8. The molecule has 0 fully saturated rings. The highest BCUT2D eigenvalue weighted by molar-refractivity contribution is 6.18. The number of amides is 1. The number of nitriles is 1. The number of carbonyl (C=O) groups is 1. The minimum atomic E-state index is -0.483. The van der Waals surface area contributed by atoms with Crippen molar-refractivity contribution in [2.75, 3.05) is 0 Å². The van der Waals surface area contributed by atoms with Crippen LogP contribution in [0.2, 0.25) is 0 Å². The second kappa shape index (κ2) is 6.60. The van der Waals surface area contributed by atoms with Crippen molar-refractivity contribution in [2.45, 2.75) is 13.2 Å². The number of nitrogens with two attached hydrogens (primary N) is 1. The first-order valence-corrected chi connectivity index (χ1v) is 8.56. The van der Waals surface area contributed by atoms with E-state index >= 15 is 0 Å². The molecule has 132 valence electrons. The van der Waals surface area contributed by atoms with Crippen LogP contribution < -0.4 is 5.73 Å². The standard InChI is InChI=1S/C22H17N3O2/c23-11-15-4-1-2-5-16(15)12-25-19-7-3-6-18(22(24)27)21(19)17-9-8-14(13-26)10-20(17)25/h1-10,26H,12-13H2,(H2,24,27). The van der Waals surface area contributed by atoms with Crippen molar-refractivity contribution >= 4 is 27.7 Å². The summed E-state index contributed by atoms with van der Waals surface area (Å²) in [5.74, 6) is -0.483. The maximum absolute atomic E-state index is 12.0. The van der Waals surface area contributed by atoms with E-state index in [1.807, 2.05) is 42.5 Å². The number of aliphatic hydroxyl groups excluding tert-OH is 1. The molecule has 4 aromatic rings. The third-order valence-corrected chi connectivity index (χ3v) is 4.87. The number of hydrogen-bond acceptors (Lipinski definition) is 3. The summed E-state index contributed by atoms with van der Waals surface area (Å²) in [7, 11) is 0. The van der Waals surface area contributed by atoms with E-state index in [9.17, 15) is 15.2 Å². The third kappa shape index (κ3) is 2.73. The Bertz CT molecular complexity index is 1230. The molecule has 0 spiro atoms. The molecule has 5 nitrogen and oxygen atoms in total. The predicted octanol–water partition coefficient (Wildman–Crippen LogP) is 3.31. The number of aliphatic hydroxyl groups is 1. The van der Waals surface area contributed by atoms with E-state index in [0.717, 1.165) is 32.9 Å². The molecule has 1 aromatic heterocycles. The van der Waals surface area contributed by atoms with Gasteiger partial charge in [0, 0.05) is 28.4 Å². The number of rotatable bonds is 4. The predicted molar refractivity (Wildman–Crippen MR) is 104 cm³/mol. The molecule has 5 heteroatoms. The Hall–Kier alpha value is -3.62. The molecule has 0 aliphatic rings. The zero-order valence-corrected chi connectivity index (χ0v) is 14.5. The average Bonchev–Trinajstić information content (AvgIpc) is 3.01. The smallest absolute Gasteiger partial charge is 0.249 e. The quantitative estimate of drug-likeness (QED) is 0.588. The van der Waals surface area contributed by atoms with Crippen LogP contribution in [0.1, 0.15) is 27.0 Å². The maximum Gasteiger partial charge on any atom is 0.249 e. The first-order valence-electron chi connectivity index (χ1n) is 8.56. The van der Waals surface area contributed by atoms with E-state index in [2.05, 4.69) is 10.6 Å². The van der Waals surface area contributed by atoms with Crippen molar-refractivity contribution < 1.29 is 9.90 Å². The van der Waals surface area contributed by atoms with E-state index in [0.29, 0.717) is 17.7 Å². The summed E-state index contributed by atoms with van der Waals surface area (Å²) >= 11 is 0. The first-order chi connectivity index (χ1) is 13.1. The number of nitrogens with zero attached hydrogens (tertiary/aromatic N) is 2. The molecule has 0 aliphatic heterocycles. The Kier molecular flexibility index (Phi) is 4.11. The molecule has 0 bridgehead atoms. The number of carbonyl (C=O) groups excluding carboxylic acids is 1. The molecule has 0 saturated heterocycles. The fourth-order valence-electron chi connectivity index (χ4n) is 3.60. The molecular weight excluding hydrogens is 338 g/mol. The number of aromatic nitrogens is 1. The lowest BCUT2D eigenvalue weighted by atomic mass is 10.0. The maximum atomic E-state index is 12.0. The molecular formula is C22H17N3O2. The molecule has 3 N–H and O–H groups in total. The zero-order chi connectivity index (χ0) is 19.0. The molecule has 1 heterocycles. The Morgan fingerprint density at radius 1 is 1.07 bits per heavy atom. The largest absolute Gasteiger partial charge is 0.392 e. The summed E-state index contributed by atoms with van der Waals surface area (Å²) in [6.45, 7) is 0.399. The minimum absolute atomic E-state index is 0.0745. The van der Waals surface area contributed by atoms with Gasteiger partial charge < -0.3 is 15.4 Å². The van der Waals surface area contributed by atoms with Crippen LogP contribution in [0, 0.1) is 11.3 Å². The zero-order valence-electron chi connectivity index (χ0n) is 14.5. The second-order valence-electron chi connectivity index (χ2n) is 6.43. The highest BCUT2D eigenvalue weighted by Crippen LogP contribution is 2.33. The van der Waals surface area contributed by atoms with Crippen LogP contribution in [0.4, 0.5) is 0 Å².